The number of hydrogen-bond acceptors (Lipinski definition) is 5. The van der Waals surface area contributed by atoms with Crippen LogP contribution in [-0.4, -0.2) is 35.1 Å². The van der Waals surface area contributed by atoms with Gasteiger partial charge in [-0.05, 0) is 55.9 Å². The van der Waals surface area contributed by atoms with E-state index in [-0.39, 0.29) is 17.8 Å². The molecule has 1 fully saturated rings. The maximum Gasteiger partial charge on any atom is 0.308 e. The quantitative estimate of drug-likeness (QED) is 0.585. The molecule has 2 heterocycles. The molecule has 4 rings (SSSR count). The van der Waals surface area contributed by atoms with Gasteiger partial charge >= 0.3 is 5.97 Å². The summed E-state index contributed by atoms with van der Waals surface area (Å²) in [5.74, 6) is 0.724. The Morgan fingerprint density at radius 1 is 1.13 bits per heavy atom. The Morgan fingerprint density at radius 2 is 1.90 bits per heavy atom. The SMILES string of the molecule is COC(=O)[C@H]1CC[C@H](CNC(=O)c2cccn2Cc2coc(-c3ccccc3)n2)CC1. The van der Waals surface area contributed by atoms with Crippen molar-refractivity contribution in [2.75, 3.05) is 13.7 Å². The number of ether oxygens (including phenoxy) is 1. The lowest BCUT2D eigenvalue weighted by atomic mass is 9.82. The molecule has 1 aliphatic rings. The van der Waals surface area contributed by atoms with Gasteiger partial charge in [0.25, 0.3) is 5.91 Å². The average molecular weight is 421 g/mol. The molecule has 1 aliphatic carbocycles. The van der Waals surface area contributed by atoms with Crippen LogP contribution in [0.2, 0.25) is 0 Å². The second-order valence-electron chi connectivity index (χ2n) is 7.98. The molecule has 0 saturated heterocycles. The number of oxazole rings is 1. The number of aromatic nitrogens is 2. The molecule has 0 aliphatic heterocycles. The lowest BCUT2D eigenvalue weighted by Crippen LogP contribution is -2.33. The van der Waals surface area contributed by atoms with Crippen LogP contribution in [-0.2, 0) is 16.1 Å². The number of esters is 1. The normalized spacial score (nSPS) is 18.5. The van der Waals surface area contributed by atoms with Gasteiger partial charge in [0.15, 0.2) is 0 Å². The zero-order chi connectivity index (χ0) is 21.6. The molecular weight excluding hydrogens is 394 g/mol. The number of amides is 1. The summed E-state index contributed by atoms with van der Waals surface area (Å²) >= 11 is 0. The number of benzene rings is 1. The molecule has 31 heavy (non-hydrogen) atoms. The zero-order valence-electron chi connectivity index (χ0n) is 17.6. The third kappa shape index (κ3) is 5.05. The summed E-state index contributed by atoms with van der Waals surface area (Å²) in [4.78, 5) is 29.0. The number of carbonyl (C=O) groups excluding carboxylic acids is 2. The minimum Gasteiger partial charge on any atom is -0.469 e. The van der Waals surface area contributed by atoms with Crippen LogP contribution in [0.15, 0.2) is 59.3 Å². The third-order valence-corrected chi connectivity index (χ3v) is 5.90. The maximum atomic E-state index is 12.8. The van der Waals surface area contributed by atoms with Gasteiger partial charge in [-0.15, -0.1) is 0 Å². The van der Waals surface area contributed by atoms with E-state index in [1.165, 1.54) is 7.11 Å². The monoisotopic (exact) mass is 421 g/mol. The Bertz CT molecular complexity index is 1020. The van der Waals surface area contributed by atoms with Crippen molar-refractivity contribution in [3.8, 4) is 11.5 Å². The second kappa shape index (κ2) is 9.64. The highest BCUT2D eigenvalue weighted by Gasteiger charge is 2.27. The fourth-order valence-corrected chi connectivity index (χ4v) is 4.12. The molecule has 1 N–H and O–H groups in total. The van der Waals surface area contributed by atoms with Gasteiger partial charge in [0.1, 0.15) is 12.0 Å². The first-order chi connectivity index (χ1) is 15.1. The highest BCUT2D eigenvalue weighted by molar-refractivity contribution is 5.92. The Morgan fingerprint density at radius 3 is 2.65 bits per heavy atom. The van der Waals surface area contributed by atoms with E-state index in [4.69, 9.17) is 9.15 Å². The van der Waals surface area contributed by atoms with E-state index >= 15 is 0 Å². The molecular formula is C24H27N3O4. The smallest absolute Gasteiger partial charge is 0.308 e. The summed E-state index contributed by atoms with van der Waals surface area (Å²) in [6, 6.07) is 13.4. The summed E-state index contributed by atoms with van der Waals surface area (Å²) in [6.07, 6.45) is 6.97. The molecule has 0 radical (unpaired) electrons. The van der Waals surface area contributed by atoms with Crippen LogP contribution < -0.4 is 5.32 Å². The number of rotatable bonds is 7. The number of nitrogens with zero attached hydrogens (tertiary/aromatic N) is 2. The number of methoxy groups -OCH3 is 1. The van der Waals surface area contributed by atoms with E-state index in [2.05, 4.69) is 10.3 Å². The van der Waals surface area contributed by atoms with E-state index in [0.717, 1.165) is 36.9 Å². The van der Waals surface area contributed by atoms with Crippen LogP contribution in [0.5, 0.6) is 0 Å². The van der Waals surface area contributed by atoms with Gasteiger partial charge in [0.05, 0.1) is 25.3 Å². The van der Waals surface area contributed by atoms with Crippen molar-refractivity contribution in [3.63, 3.8) is 0 Å². The maximum absolute atomic E-state index is 12.8. The molecule has 1 amide bonds. The van der Waals surface area contributed by atoms with Crippen LogP contribution in [0.1, 0.15) is 41.9 Å². The van der Waals surface area contributed by atoms with Gasteiger partial charge in [0.2, 0.25) is 5.89 Å². The molecule has 0 bridgehead atoms. The van der Waals surface area contributed by atoms with Gasteiger partial charge in [-0.25, -0.2) is 4.98 Å². The van der Waals surface area contributed by atoms with Crippen molar-refractivity contribution in [1.82, 2.24) is 14.9 Å². The van der Waals surface area contributed by atoms with E-state index in [1.54, 1.807) is 6.26 Å². The molecule has 1 saturated carbocycles. The Labute approximate surface area is 181 Å². The van der Waals surface area contributed by atoms with Crippen LogP contribution in [0, 0.1) is 11.8 Å². The molecule has 0 spiro atoms. The minimum absolute atomic E-state index is 0.00239. The lowest BCUT2D eigenvalue weighted by molar-refractivity contribution is -0.146. The molecule has 2 aromatic heterocycles. The topological polar surface area (TPSA) is 86.4 Å². The fraction of sp³-hybridized carbons (Fsp3) is 0.375. The predicted octanol–water partition coefficient (Wildman–Crippen LogP) is 3.90. The summed E-state index contributed by atoms with van der Waals surface area (Å²) < 4.78 is 12.3. The Kier molecular flexibility index (Phi) is 6.50. The fourth-order valence-electron chi connectivity index (χ4n) is 4.12. The highest BCUT2D eigenvalue weighted by atomic mass is 16.5. The molecule has 162 valence electrons. The minimum atomic E-state index is -0.122. The van der Waals surface area contributed by atoms with Gasteiger partial charge in [-0.3, -0.25) is 9.59 Å². The Hall–Kier alpha value is -3.35. The second-order valence-corrected chi connectivity index (χ2v) is 7.98. The van der Waals surface area contributed by atoms with E-state index in [9.17, 15) is 9.59 Å². The van der Waals surface area contributed by atoms with Gasteiger partial charge in [-0.1, -0.05) is 18.2 Å². The average Bonchev–Trinajstić information content (AvgIpc) is 3.48. The molecule has 0 atom stereocenters. The van der Waals surface area contributed by atoms with Crippen LogP contribution >= 0.6 is 0 Å². The number of carbonyl (C=O) groups is 2. The zero-order valence-corrected chi connectivity index (χ0v) is 17.6. The summed E-state index contributed by atoms with van der Waals surface area (Å²) in [7, 11) is 1.44. The summed E-state index contributed by atoms with van der Waals surface area (Å²) in [6.45, 7) is 1.07. The molecule has 7 nitrogen and oxygen atoms in total. The third-order valence-electron chi connectivity index (χ3n) is 5.90. The standard InChI is InChI=1S/C24H27N3O4/c1-30-24(29)19-11-9-17(10-12-19)14-25-22(28)21-8-5-13-27(21)15-20-16-31-23(26-20)18-6-3-2-4-7-18/h2-8,13,16-17,19H,9-12,14-15H2,1H3,(H,25,28)/t17-,19-. The summed E-state index contributed by atoms with van der Waals surface area (Å²) in [5, 5.41) is 3.05. The first-order valence-corrected chi connectivity index (χ1v) is 10.6. The van der Waals surface area contributed by atoms with Crippen LogP contribution in [0.3, 0.4) is 0 Å². The van der Waals surface area contributed by atoms with Crippen molar-refractivity contribution in [1.29, 1.82) is 0 Å². The Balaban J connectivity index is 1.32. The predicted molar refractivity (Wildman–Crippen MR) is 115 cm³/mol. The number of hydrogen-bond donors (Lipinski definition) is 1. The highest BCUT2D eigenvalue weighted by Crippen LogP contribution is 2.29. The van der Waals surface area contributed by atoms with Crippen molar-refractivity contribution in [3.05, 3.63) is 66.3 Å². The van der Waals surface area contributed by atoms with Gasteiger partial charge in [0, 0.05) is 18.3 Å². The summed E-state index contributed by atoms with van der Waals surface area (Å²) in [5.41, 5.74) is 2.26. The molecule has 7 heteroatoms. The van der Waals surface area contributed by atoms with Crippen molar-refractivity contribution in [2.24, 2.45) is 11.8 Å². The van der Waals surface area contributed by atoms with Crippen molar-refractivity contribution >= 4 is 11.9 Å². The lowest BCUT2D eigenvalue weighted by Gasteiger charge is -2.27. The first-order valence-electron chi connectivity index (χ1n) is 10.6. The van der Waals surface area contributed by atoms with Crippen LogP contribution in [0.4, 0.5) is 0 Å². The molecule has 0 unspecified atom stereocenters. The van der Waals surface area contributed by atoms with Gasteiger partial charge < -0.3 is 19.0 Å². The van der Waals surface area contributed by atoms with Crippen molar-refractivity contribution in [2.45, 2.75) is 32.2 Å². The largest absolute Gasteiger partial charge is 0.469 e. The molecule has 1 aromatic carbocycles. The molecule has 3 aromatic rings. The van der Waals surface area contributed by atoms with Gasteiger partial charge in [-0.2, -0.15) is 0 Å². The number of nitrogens with one attached hydrogen (secondary N) is 1. The van der Waals surface area contributed by atoms with E-state index in [0.29, 0.717) is 30.6 Å². The van der Waals surface area contributed by atoms with Crippen molar-refractivity contribution < 1.29 is 18.7 Å². The first kappa shape index (κ1) is 20.9. The van der Waals surface area contributed by atoms with Crippen LogP contribution in [0.25, 0.3) is 11.5 Å². The van der Waals surface area contributed by atoms with E-state index < -0.39 is 0 Å². The van der Waals surface area contributed by atoms with E-state index in [1.807, 2.05) is 53.2 Å².